The van der Waals surface area contributed by atoms with Crippen molar-refractivity contribution in [2.45, 2.75) is 0 Å². The molecule has 5 nitrogen and oxygen atoms in total. The summed E-state index contributed by atoms with van der Waals surface area (Å²) in [6, 6.07) is 15.5. The van der Waals surface area contributed by atoms with Crippen LogP contribution in [0, 0.1) is 0 Å². The Hall–Kier alpha value is -2.34. The monoisotopic (exact) mass is 369 g/mol. The van der Waals surface area contributed by atoms with E-state index >= 15 is 0 Å². The lowest BCUT2D eigenvalue weighted by atomic mass is 9.99. The lowest BCUT2D eigenvalue weighted by Crippen LogP contribution is -2.40. The lowest BCUT2D eigenvalue weighted by Gasteiger charge is -2.27. The maximum absolute atomic E-state index is 12.8. The fraction of sp³-hybridized carbons (Fsp3) is 0.250. The van der Waals surface area contributed by atoms with Crippen LogP contribution in [0.5, 0.6) is 0 Å². The third-order valence-electron chi connectivity index (χ3n) is 4.62. The average Bonchev–Trinajstić information content (AvgIpc) is 2.68. The quantitative estimate of drug-likeness (QED) is 0.738. The van der Waals surface area contributed by atoms with Gasteiger partial charge in [-0.15, -0.1) is 0 Å². The van der Waals surface area contributed by atoms with Gasteiger partial charge in [0, 0.05) is 34.6 Å². The number of benzene rings is 2. The molecule has 26 heavy (non-hydrogen) atoms. The van der Waals surface area contributed by atoms with Crippen LogP contribution < -0.4 is 10.9 Å². The molecule has 2 heterocycles. The van der Waals surface area contributed by atoms with Gasteiger partial charge in [0.05, 0.1) is 19.9 Å². The molecule has 0 aliphatic carbocycles. The predicted molar refractivity (Wildman–Crippen MR) is 106 cm³/mol. The molecular weight excluding hydrogens is 350 g/mol. The second-order valence-electron chi connectivity index (χ2n) is 6.33. The van der Waals surface area contributed by atoms with Gasteiger partial charge < -0.3 is 15.0 Å². The summed E-state index contributed by atoms with van der Waals surface area (Å²) in [5.41, 5.74) is 3.06. The van der Waals surface area contributed by atoms with E-state index in [1.165, 1.54) is 0 Å². The Bertz CT molecular complexity index is 966. The van der Waals surface area contributed by atoms with Gasteiger partial charge in [-0.3, -0.25) is 9.69 Å². The molecule has 0 spiro atoms. The molecule has 4 rings (SSSR count). The van der Waals surface area contributed by atoms with Crippen LogP contribution in [0.2, 0.25) is 5.02 Å². The molecule has 1 aliphatic rings. The molecule has 1 aliphatic heterocycles. The molecular formula is C20H20ClN3O2. The summed E-state index contributed by atoms with van der Waals surface area (Å²) in [6.07, 6.45) is 0. The fourth-order valence-electron chi connectivity index (χ4n) is 3.29. The Morgan fingerprint density at radius 3 is 2.65 bits per heavy atom. The smallest absolute Gasteiger partial charge is 0.272 e. The van der Waals surface area contributed by atoms with Gasteiger partial charge in [0.1, 0.15) is 5.69 Å². The number of H-pyrrole nitrogens is 1. The van der Waals surface area contributed by atoms with Gasteiger partial charge >= 0.3 is 0 Å². The van der Waals surface area contributed by atoms with Crippen LogP contribution in [0.25, 0.3) is 22.0 Å². The number of rotatable bonds is 4. The topological polar surface area (TPSA) is 57.4 Å². The molecule has 134 valence electrons. The Labute approximate surface area is 156 Å². The van der Waals surface area contributed by atoms with Crippen LogP contribution in [0.15, 0.2) is 53.3 Å². The van der Waals surface area contributed by atoms with Gasteiger partial charge in [-0.1, -0.05) is 41.9 Å². The highest BCUT2D eigenvalue weighted by Gasteiger charge is 2.16. The Morgan fingerprint density at radius 2 is 1.88 bits per heavy atom. The maximum atomic E-state index is 12.8. The zero-order valence-electron chi connectivity index (χ0n) is 14.3. The van der Waals surface area contributed by atoms with E-state index in [1.807, 2.05) is 42.5 Å². The van der Waals surface area contributed by atoms with Crippen molar-refractivity contribution in [2.75, 3.05) is 38.3 Å². The number of pyridine rings is 1. The zero-order valence-corrected chi connectivity index (χ0v) is 15.1. The molecule has 0 unspecified atom stereocenters. The molecule has 0 bridgehead atoms. The number of aromatic amines is 1. The number of nitrogens with one attached hydrogen (secondary N) is 2. The van der Waals surface area contributed by atoms with Crippen LogP contribution >= 0.6 is 11.6 Å². The van der Waals surface area contributed by atoms with Crippen LogP contribution in [0.1, 0.15) is 0 Å². The first-order chi connectivity index (χ1) is 12.7. The van der Waals surface area contributed by atoms with E-state index in [4.69, 9.17) is 16.3 Å². The van der Waals surface area contributed by atoms with Crippen LogP contribution in [-0.4, -0.2) is 42.9 Å². The highest BCUT2D eigenvalue weighted by molar-refractivity contribution is 6.31. The van der Waals surface area contributed by atoms with Crippen LogP contribution in [-0.2, 0) is 4.74 Å². The largest absolute Gasteiger partial charge is 0.379 e. The second kappa shape index (κ2) is 7.50. The first-order valence-corrected chi connectivity index (χ1v) is 9.05. The van der Waals surface area contributed by atoms with E-state index in [9.17, 15) is 4.79 Å². The Kier molecular flexibility index (Phi) is 4.93. The Balaban J connectivity index is 1.82. The summed E-state index contributed by atoms with van der Waals surface area (Å²) in [7, 11) is 0. The second-order valence-corrected chi connectivity index (χ2v) is 6.76. The van der Waals surface area contributed by atoms with E-state index in [0.717, 1.165) is 48.3 Å². The van der Waals surface area contributed by atoms with Crippen molar-refractivity contribution < 1.29 is 4.74 Å². The minimum atomic E-state index is -0.132. The van der Waals surface area contributed by atoms with Gasteiger partial charge in [-0.2, -0.15) is 0 Å². The summed E-state index contributed by atoms with van der Waals surface area (Å²) in [5, 5.41) is 4.91. The van der Waals surface area contributed by atoms with Gasteiger partial charge in [-0.05, 0) is 23.8 Å². The molecule has 2 aromatic carbocycles. The number of halogens is 1. The molecule has 0 radical (unpaired) electrons. The normalized spacial score (nSPS) is 15.3. The molecule has 3 aromatic rings. The van der Waals surface area contributed by atoms with E-state index < -0.39 is 0 Å². The van der Waals surface area contributed by atoms with Crippen molar-refractivity contribution in [1.82, 2.24) is 9.88 Å². The number of hydrogen-bond donors (Lipinski definition) is 2. The summed E-state index contributed by atoms with van der Waals surface area (Å²) in [5.74, 6) is 0. The molecule has 1 fully saturated rings. The number of fused-ring (bicyclic) bond motifs is 1. The number of nitrogens with zero attached hydrogens (tertiary/aromatic N) is 1. The molecule has 1 aromatic heterocycles. The lowest BCUT2D eigenvalue weighted by molar-refractivity contribution is 0.0414. The number of anilines is 1. The van der Waals surface area contributed by atoms with Crippen molar-refractivity contribution >= 4 is 28.2 Å². The van der Waals surface area contributed by atoms with Gasteiger partial charge in [0.15, 0.2) is 0 Å². The van der Waals surface area contributed by atoms with Gasteiger partial charge in [0.2, 0.25) is 0 Å². The van der Waals surface area contributed by atoms with E-state index in [-0.39, 0.29) is 5.56 Å². The number of hydrogen-bond acceptors (Lipinski definition) is 4. The van der Waals surface area contributed by atoms with Gasteiger partial charge in [0.25, 0.3) is 5.56 Å². The average molecular weight is 370 g/mol. The third-order valence-corrected chi connectivity index (χ3v) is 4.86. The molecule has 1 saturated heterocycles. The van der Waals surface area contributed by atoms with Crippen molar-refractivity contribution in [3.05, 3.63) is 63.9 Å². The van der Waals surface area contributed by atoms with E-state index in [1.54, 1.807) is 6.07 Å². The van der Waals surface area contributed by atoms with Crippen LogP contribution in [0.4, 0.5) is 5.69 Å². The number of morpholine rings is 1. The van der Waals surface area contributed by atoms with E-state index in [2.05, 4.69) is 15.2 Å². The van der Waals surface area contributed by atoms with Crippen LogP contribution in [0.3, 0.4) is 0 Å². The molecule has 2 N–H and O–H groups in total. The van der Waals surface area contributed by atoms with Crippen molar-refractivity contribution in [3.8, 4) is 11.1 Å². The predicted octanol–water partition coefficient (Wildman–Crippen LogP) is 3.55. The summed E-state index contributed by atoms with van der Waals surface area (Å²) in [6.45, 7) is 3.74. The highest BCUT2D eigenvalue weighted by Crippen LogP contribution is 2.33. The summed E-state index contributed by atoms with van der Waals surface area (Å²) < 4.78 is 5.39. The molecule has 0 amide bonds. The molecule has 6 heteroatoms. The summed E-state index contributed by atoms with van der Waals surface area (Å²) >= 11 is 6.23. The first kappa shape index (κ1) is 17.1. The molecule has 0 saturated carbocycles. The summed E-state index contributed by atoms with van der Waals surface area (Å²) in [4.78, 5) is 18.0. The standard InChI is InChI=1S/C20H20ClN3O2/c21-15-6-7-17-16(12-15)18(14-4-2-1-3-5-14)19(20(25)23-17)22-13-24-8-10-26-11-9-24/h1-7,12,22H,8-11,13H2,(H,23,25). The van der Waals surface area contributed by atoms with Crippen molar-refractivity contribution in [2.24, 2.45) is 0 Å². The SMILES string of the molecule is O=c1[nH]c2ccc(Cl)cc2c(-c2ccccc2)c1NCN1CCOCC1. The number of aromatic nitrogens is 1. The van der Waals surface area contributed by atoms with Crippen molar-refractivity contribution in [1.29, 1.82) is 0 Å². The minimum Gasteiger partial charge on any atom is -0.379 e. The Morgan fingerprint density at radius 1 is 1.12 bits per heavy atom. The third kappa shape index (κ3) is 3.46. The highest BCUT2D eigenvalue weighted by atomic mass is 35.5. The fourth-order valence-corrected chi connectivity index (χ4v) is 3.46. The van der Waals surface area contributed by atoms with Crippen molar-refractivity contribution in [3.63, 3.8) is 0 Å². The molecule has 0 atom stereocenters. The minimum absolute atomic E-state index is 0.132. The zero-order chi connectivity index (χ0) is 17.9. The number of ether oxygens (including phenoxy) is 1. The maximum Gasteiger partial charge on any atom is 0.272 e. The van der Waals surface area contributed by atoms with E-state index in [0.29, 0.717) is 17.4 Å². The van der Waals surface area contributed by atoms with Gasteiger partial charge in [-0.25, -0.2) is 0 Å². The first-order valence-electron chi connectivity index (χ1n) is 8.67.